The highest BCUT2D eigenvalue weighted by molar-refractivity contribution is 6.01. The monoisotopic (exact) mass is 401 g/mol. The molecule has 2 aromatic rings. The fourth-order valence-corrected chi connectivity index (χ4v) is 4.23. The first-order chi connectivity index (χ1) is 13.8. The van der Waals surface area contributed by atoms with Crippen LogP contribution >= 0.6 is 0 Å². The number of aromatic nitrogens is 1. The summed E-state index contributed by atoms with van der Waals surface area (Å²) in [5.74, 6) is -0.457. The molecule has 1 aliphatic heterocycles. The van der Waals surface area contributed by atoms with Crippen molar-refractivity contribution < 1.29 is 23.6 Å². The molecule has 0 N–H and O–H groups in total. The number of carbonyl (C=O) groups excluding carboxylic acids is 2. The van der Waals surface area contributed by atoms with E-state index < -0.39 is 11.6 Å². The Morgan fingerprint density at radius 1 is 1.17 bits per heavy atom. The van der Waals surface area contributed by atoms with Crippen molar-refractivity contribution in [3.63, 3.8) is 0 Å². The summed E-state index contributed by atoms with van der Waals surface area (Å²) < 4.78 is 10.8. The minimum atomic E-state index is -0.542. The number of piperazine rings is 1. The molecule has 1 aromatic heterocycles. The van der Waals surface area contributed by atoms with Gasteiger partial charge in [-0.05, 0) is 45.7 Å². The van der Waals surface area contributed by atoms with Gasteiger partial charge in [-0.1, -0.05) is 18.9 Å². The Morgan fingerprint density at radius 3 is 2.66 bits per heavy atom. The van der Waals surface area contributed by atoms with Crippen LogP contribution in [0, 0.1) is 0 Å². The summed E-state index contributed by atoms with van der Waals surface area (Å²) in [4.78, 5) is 37.2. The van der Waals surface area contributed by atoms with E-state index >= 15 is 0 Å². The van der Waals surface area contributed by atoms with Gasteiger partial charge < -0.3 is 18.9 Å². The van der Waals surface area contributed by atoms with Gasteiger partial charge in [-0.2, -0.15) is 0 Å². The van der Waals surface area contributed by atoms with Crippen molar-refractivity contribution in [2.45, 2.75) is 57.6 Å². The molecule has 8 nitrogen and oxygen atoms in total. The average molecular weight is 401 g/mol. The van der Waals surface area contributed by atoms with Gasteiger partial charge in [0.15, 0.2) is 12.0 Å². The van der Waals surface area contributed by atoms with E-state index in [0.29, 0.717) is 36.3 Å². The Kier molecular flexibility index (Phi) is 4.98. The van der Waals surface area contributed by atoms with Crippen molar-refractivity contribution in [1.82, 2.24) is 14.9 Å². The number of oxazole rings is 1. The summed E-state index contributed by atoms with van der Waals surface area (Å²) in [5, 5.41) is 1.78. The predicted molar refractivity (Wildman–Crippen MR) is 105 cm³/mol. The van der Waals surface area contributed by atoms with Gasteiger partial charge >= 0.3 is 12.1 Å². The second-order valence-electron chi connectivity index (χ2n) is 8.82. The minimum absolute atomic E-state index is 0.317. The molecule has 1 saturated carbocycles. The third-order valence-electron chi connectivity index (χ3n) is 5.55. The molecule has 2 heterocycles. The Morgan fingerprint density at radius 2 is 1.93 bits per heavy atom. The second-order valence-corrected chi connectivity index (χ2v) is 8.82. The lowest BCUT2D eigenvalue weighted by Crippen LogP contribution is -2.62. The number of para-hydroxylation sites is 1. The van der Waals surface area contributed by atoms with E-state index in [9.17, 15) is 9.59 Å². The third kappa shape index (κ3) is 3.94. The number of rotatable bonds is 2. The number of hydroxylamine groups is 2. The fourth-order valence-electron chi connectivity index (χ4n) is 4.23. The Balaban J connectivity index is 1.51. The number of nitrogens with zero attached hydrogens (tertiary/aromatic N) is 3. The number of benzene rings is 1. The molecule has 1 aromatic carbocycles. The highest BCUT2D eigenvalue weighted by Crippen LogP contribution is 2.39. The van der Waals surface area contributed by atoms with Gasteiger partial charge in [0, 0.05) is 13.1 Å². The van der Waals surface area contributed by atoms with Crippen molar-refractivity contribution >= 4 is 23.2 Å². The molecular formula is C21H27N3O5. The molecule has 1 aliphatic carbocycles. The molecule has 0 unspecified atom stereocenters. The predicted octanol–water partition coefficient (Wildman–Crippen LogP) is 3.77. The molecule has 1 saturated heterocycles. The van der Waals surface area contributed by atoms with Gasteiger partial charge in [0.2, 0.25) is 0 Å². The number of carbonyl (C=O) groups is 2. The molecule has 8 heteroatoms. The first-order valence-corrected chi connectivity index (χ1v) is 10.1. The summed E-state index contributed by atoms with van der Waals surface area (Å²) in [6.07, 6.45) is 4.81. The van der Waals surface area contributed by atoms with Gasteiger partial charge in [-0.3, -0.25) is 0 Å². The largest absolute Gasteiger partial charge is 0.444 e. The van der Waals surface area contributed by atoms with Crippen LogP contribution in [0.5, 0.6) is 0 Å². The Labute approximate surface area is 169 Å². The average Bonchev–Trinajstić information content (AvgIpc) is 3.31. The van der Waals surface area contributed by atoms with Crippen molar-refractivity contribution in [3.05, 3.63) is 30.2 Å². The maximum absolute atomic E-state index is 12.9. The van der Waals surface area contributed by atoms with Crippen LogP contribution < -0.4 is 0 Å². The lowest BCUT2D eigenvalue weighted by atomic mass is 9.94. The van der Waals surface area contributed by atoms with Crippen LogP contribution in [0.1, 0.15) is 56.8 Å². The van der Waals surface area contributed by atoms with Crippen molar-refractivity contribution in [3.8, 4) is 0 Å². The molecule has 0 radical (unpaired) electrons. The zero-order valence-corrected chi connectivity index (χ0v) is 17.1. The van der Waals surface area contributed by atoms with Crippen LogP contribution in [-0.4, -0.2) is 57.8 Å². The zero-order chi connectivity index (χ0) is 20.6. The first-order valence-electron chi connectivity index (χ1n) is 10.1. The van der Waals surface area contributed by atoms with E-state index in [4.69, 9.17) is 14.0 Å². The van der Waals surface area contributed by atoms with Crippen LogP contribution in [0.25, 0.3) is 11.1 Å². The highest BCUT2D eigenvalue weighted by atomic mass is 16.7. The van der Waals surface area contributed by atoms with Gasteiger partial charge in [-0.15, -0.1) is 5.06 Å². The lowest BCUT2D eigenvalue weighted by molar-refractivity contribution is -0.200. The van der Waals surface area contributed by atoms with E-state index in [1.165, 1.54) is 6.39 Å². The number of hydrogen-bond donors (Lipinski definition) is 0. The maximum atomic E-state index is 12.9. The van der Waals surface area contributed by atoms with Crippen LogP contribution in [-0.2, 0) is 9.57 Å². The van der Waals surface area contributed by atoms with E-state index in [0.717, 1.165) is 25.7 Å². The number of ether oxygens (including phenoxy) is 1. The maximum Gasteiger partial charge on any atom is 0.410 e. The molecule has 156 valence electrons. The van der Waals surface area contributed by atoms with Crippen LogP contribution in [0.15, 0.2) is 29.0 Å². The molecule has 2 aliphatic rings. The summed E-state index contributed by atoms with van der Waals surface area (Å²) >= 11 is 0. The molecule has 0 bridgehead atoms. The summed E-state index contributed by atoms with van der Waals surface area (Å²) in [5.41, 5.74) is 0.497. The fraction of sp³-hybridized carbons (Fsp3) is 0.571. The standard InChI is InChI=1S/C21H27N3O5/c1-20(2,3)28-19(26)23-11-12-24(21(13-23)9-4-5-10-21)29-18(25)15-7-6-8-16-17(15)22-14-27-16/h6-8,14H,4-5,9-13H2,1-3H3. The van der Waals surface area contributed by atoms with Gasteiger partial charge in [0.1, 0.15) is 11.1 Å². The van der Waals surface area contributed by atoms with Gasteiger partial charge in [0.05, 0.1) is 17.6 Å². The molecular weight excluding hydrogens is 374 g/mol. The van der Waals surface area contributed by atoms with Crippen molar-refractivity contribution in [1.29, 1.82) is 0 Å². The van der Waals surface area contributed by atoms with E-state index in [-0.39, 0.29) is 11.6 Å². The third-order valence-corrected chi connectivity index (χ3v) is 5.55. The molecule has 1 amide bonds. The Bertz CT molecular complexity index is 910. The zero-order valence-electron chi connectivity index (χ0n) is 17.1. The molecule has 29 heavy (non-hydrogen) atoms. The van der Waals surface area contributed by atoms with Crippen LogP contribution in [0.3, 0.4) is 0 Å². The van der Waals surface area contributed by atoms with Crippen LogP contribution in [0.4, 0.5) is 4.79 Å². The Hall–Kier alpha value is -2.61. The van der Waals surface area contributed by atoms with Crippen molar-refractivity contribution in [2.24, 2.45) is 0 Å². The molecule has 0 atom stereocenters. The first kappa shape index (κ1) is 19.7. The highest BCUT2D eigenvalue weighted by Gasteiger charge is 2.48. The summed E-state index contributed by atoms with van der Waals surface area (Å²) in [6.45, 7) is 6.96. The van der Waals surface area contributed by atoms with E-state index in [1.807, 2.05) is 20.8 Å². The topological polar surface area (TPSA) is 85.1 Å². The van der Waals surface area contributed by atoms with Crippen LogP contribution in [0.2, 0.25) is 0 Å². The summed E-state index contributed by atoms with van der Waals surface area (Å²) in [6, 6.07) is 5.19. The van der Waals surface area contributed by atoms with Gasteiger partial charge in [0.25, 0.3) is 0 Å². The summed E-state index contributed by atoms with van der Waals surface area (Å²) in [7, 11) is 0. The number of fused-ring (bicyclic) bond motifs is 1. The quantitative estimate of drug-likeness (QED) is 0.757. The number of hydrogen-bond acceptors (Lipinski definition) is 7. The number of amides is 1. The molecule has 1 spiro atoms. The van der Waals surface area contributed by atoms with E-state index in [1.54, 1.807) is 28.2 Å². The normalized spacial score (nSPS) is 19.6. The second kappa shape index (κ2) is 7.33. The smallest absolute Gasteiger partial charge is 0.410 e. The van der Waals surface area contributed by atoms with E-state index in [2.05, 4.69) is 4.98 Å². The van der Waals surface area contributed by atoms with Crippen molar-refractivity contribution in [2.75, 3.05) is 19.6 Å². The van der Waals surface area contributed by atoms with Gasteiger partial charge in [-0.25, -0.2) is 14.6 Å². The molecule has 4 rings (SSSR count). The SMILES string of the molecule is CC(C)(C)OC(=O)N1CCN(OC(=O)c2cccc3ocnc23)C2(CCCC2)C1. The minimum Gasteiger partial charge on any atom is -0.444 e. The molecule has 2 fully saturated rings. The lowest BCUT2D eigenvalue weighted by Gasteiger charge is -2.47.